The Hall–Kier alpha value is -2.86. The van der Waals surface area contributed by atoms with Gasteiger partial charge in [0.25, 0.3) is 0 Å². The molecule has 0 aliphatic carbocycles. The Bertz CT molecular complexity index is 863. The molecule has 2 fully saturated rings. The third kappa shape index (κ3) is 4.12. The lowest BCUT2D eigenvalue weighted by Crippen LogP contribution is -3.16. The number of rotatable bonds is 6. The summed E-state index contributed by atoms with van der Waals surface area (Å²) in [5.41, 5.74) is 2.05. The first-order chi connectivity index (χ1) is 14.2. The monoisotopic (exact) mass is 394 g/mol. The Morgan fingerprint density at radius 1 is 1.00 bits per heavy atom. The average Bonchev–Trinajstić information content (AvgIpc) is 3.04. The van der Waals surface area contributed by atoms with Crippen molar-refractivity contribution in [3.05, 3.63) is 60.2 Å². The molecule has 0 aromatic heterocycles. The van der Waals surface area contributed by atoms with E-state index in [4.69, 9.17) is 4.74 Å². The number of amides is 2. The molecule has 1 N–H and O–H groups in total. The smallest absolute Gasteiger partial charge is 0.241 e. The molecule has 2 aromatic rings. The van der Waals surface area contributed by atoms with E-state index in [1.165, 1.54) is 9.80 Å². The standard InChI is InChI=1S/C23H27N3O3/c1-2-29-21-11-7-6-10-20(21)25-14-12-24(13-15-25)17-26-22(27)16-19(23(26)28)18-8-4-3-5-9-18/h3-11,19H,2,12-17H2,1H3/p+1/t19-/m1/s1. The maximum atomic E-state index is 12.9. The highest BCUT2D eigenvalue weighted by atomic mass is 16.5. The van der Waals surface area contributed by atoms with Crippen LogP contribution >= 0.6 is 0 Å². The first-order valence-electron chi connectivity index (χ1n) is 10.4. The molecule has 0 spiro atoms. The van der Waals surface area contributed by atoms with Gasteiger partial charge >= 0.3 is 0 Å². The van der Waals surface area contributed by atoms with Crippen molar-refractivity contribution >= 4 is 17.5 Å². The third-order valence-corrected chi connectivity index (χ3v) is 5.80. The van der Waals surface area contributed by atoms with Crippen molar-refractivity contribution in [1.82, 2.24) is 4.90 Å². The van der Waals surface area contributed by atoms with Crippen LogP contribution in [0.1, 0.15) is 24.8 Å². The van der Waals surface area contributed by atoms with Gasteiger partial charge in [-0.05, 0) is 24.6 Å². The highest BCUT2D eigenvalue weighted by molar-refractivity contribution is 6.06. The third-order valence-electron chi connectivity index (χ3n) is 5.80. The van der Waals surface area contributed by atoms with Crippen LogP contribution in [0.25, 0.3) is 0 Å². The number of likely N-dealkylation sites (tertiary alicyclic amines) is 1. The van der Waals surface area contributed by atoms with E-state index in [0.717, 1.165) is 43.2 Å². The van der Waals surface area contributed by atoms with Crippen LogP contribution in [0, 0.1) is 0 Å². The fourth-order valence-corrected chi connectivity index (χ4v) is 4.24. The molecule has 2 amide bonds. The minimum absolute atomic E-state index is 0.0551. The summed E-state index contributed by atoms with van der Waals surface area (Å²) in [6, 6.07) is 17.7. The highest BCUT2D eigenvalue weighted by Gasteiger charge is 2.41. The van der Waals surface area contributed by atoms with E-state index < -0.39 is 0 Å². The minimum Gasteiger partial charge on any atom is -0.492 e. The molecule has 2 saturated heterocycles. The van der Waals surface area contributed by atoms with Crippen molar-refractivity contribution in [1.29, 1.82) is 0 Å². The molecular formula is C23H28N3O3+. The summed E-state index contributed by atoms with van der Waals surface area (Å²) in [5, 5.41) is 0. The molecule has 0 bridgehead atoms. The van der Waals surface area contributed by atoms with Gasteiger partial charge in [-0.25, -0.2) is 4.90 Å². The van der Waals surface area contributed by atoms with Crippen molar-refractivity contribution in [2.24, 2.45) is 0 Å². The van der Waals surface area contributed by atoms with Crippen LogP contribution in [0.2, 0.25) is 0 Å². The number of carbonyl (C=O) groups is 2. The van der Waals surface area contributed by atoms with Gasteiger partial charge in [-0.15, -0.1) is 0 Å². The summed E-state index contributed by atoms with van der Waals surface area (Å²) in [5.74, 6) is 0.467. The van der Waals surface area contributed by atoms with Gasteiger partial charge in [0.1, 0.15) is 5.75 Å². The van der Waals surface area contributed by atoms with Crippen LogP contribution in [-0.2, 0) is 9.59 Å². The lowest BCUT2D eigenvalue weighted by atomic mass is 9.98. The average molecular weight is 394 g/mol. The van der Waals surface area contributed by atoms with Crippen LogP contribution in [0.3, 0.4) is 0 Å². The molecule has 0 radical (unpaired) electrons. The number of para-hydroxylation sites is 2. The van der Waals surface area contributed by atoms with Gasteiger partial charge in [0, 0.05) is 6.42 Å². The normalized spacial score (nSPS) is 20.4. The molecular weight excluding hydrogens is 366 g/mol. The van der Waals surface area contributed by atoms with Crippen LogP contribution in [-0.4, -0.2) is 56.2 Å². The van der Waals surface area contributed by atoms with Crippen LogP contribution in [0.5, 0.6) is 5.75 Å². The van der Waals surface area contributed by atoms with Crippen molar-refractivity contribution in [3.63, 3.8) is 0 Å². The summed E-state index contributed by atoms with van der Waals surface area (Å²) < 4.78 is 5.76. The molecule has 29 heavy (non-hydrogen) atoms. The van der Waals surface area contributed by atoms with Crippen molar-refractivity contribution in [2.75, 3.05) is 44.4 Å². The fraction of sp³-hybridized carbons (Fsp3) is 0.391. The molecule has 1 atom stereocenters. The van der Waals surface area contributed by atoms with Gasteiger partial charge in [-0.2, -0.15) is 0 Å². The van der Waals surface area contributed by atoms with Crippen LogP contribution in [0.4, 0.5) is 5.69 Å². The van der Waals surface area contributed by atoms with Gasteiger partial charge in [0.05, 0.1) is 44.4 Å². The second kappa shape index (κ2) is 8.66. The Morgan fingerprint density at radius 3 is 2.41 bits per heavy atom. The molecule has 2 aliphatic rings. The summed E-state index contributed by atoms with van der Waals surface area (Å²) in [4.78, 5) is 30.4. The molecule has 0 unspecified atom stereocenters. The molecule has 6 heteroatoms. The van der Waals surface area contributed by atoms with Gasteiger partial charge in [0.15, 0.2) is 6.67 Å². The van der Waals surface area contributed by atoms with E-state index in [-0.39, 0.29) is 24.2 Å². The molecule has 2 aliphatic heterocycles. The Balaban J connectivity index is 1.36. The van der Waals surface area contributed by atoms with E-state index in [2.05, 4.69) is 11.0 Å². The summed E-state index contributed by atoms with van der Waals surface area (Å²) in [7, 11) is 0. The predicted molar refractivity (Wildman–Crippen MR) is 111 cm³/mol. The zero-order chi connectivity index (χ0) is 20.2. The van der Waals surface area contributed by atoms with Crippen molar-refractivity contribution < 1.29 is 19.2 Å². The maximum absolute atomic E-state index is 12.9. The summed E-state index contributed by atoms with van der Waals surface area (Å²) in [6.07, 6.45) is 0.282. The topological polar surface area (TPSA) is 54.3 Å². The van der Waals surface area contributed by atoms with E-state index in [9.17, 15) is 9.59 Å². The number of carbonyl (C=O) groups excluding carboxylic acids is 2. The second-order valence-electron chi connectivity index (χ2n) is 7.62. The van der Waals surface area contributed by atoms with Gasteiger partial charge in [0.2, 0.25) is 11.8 Å². The van der Waals surface area contributed by atoms with E-state index in [1.807, 2.05) is 55.5 Å². The van der Waals surface area contributed by atoms with E-state index >= 15 is 0 Å². The second-order valence-corrected chi connectivity index (χ2v) is 7.62. The largest absolute Gasteiger partial charge is 0.492 e. The number of hydrogen-bond acceptors (Lipinski definition) is 4. The number of hydrogen-bond donors (Lipinski definition) is 1. The Labute approximate surface area is 171 Å². The fourth-order valence-electron chi connectivity index (χ4n) is 4.24. The van der Waals surface area contributed by atoms with Gasteiger partial charge < -0.3 is 14.5 Å². The number of piperazine rings is 1. The quantitative estimate of drug-likeness (QED) is 0.751. The van der Waals surface area contributed by atoms with Crippen molar-refractivity contribution in [3.8, 4) is 5.75 Å². The molecule has 0 saturated carbocycles. The molecule has 2 aromatic carbocycles. The number of ether oxygens (including phenoxy) is 1. The molecule has 2 heterocycles. The van der Waals surface area contributed by atoms with E-state index in [0.29, 0.717) is 13.3 Å². The lowest BCUT2D eigenvalue weighted by Gasteiger charge is -2.35. The lowest BCUT2D eigenvalue weighted by molar-refractivity contribution is -0.907. The first-order valence-corrected chi connectivity index (χ1v) is 10.4. The number of anilines is 1. The molecule has 4 rings (SSSR count). The van der Waals surface area contributed by atoms with Crippen molar-refractivity contribution in [2.45, 2.75) is 19.3 Å². The SMILES string of the molecule is CCOc1ccccc1N1CC[NH+](CN2C(=O)C[C@H](c3ccccc3)C2=O)CC1. The summed E-state index contributed by atoms with van der Waals surface area (Å²) in [6.45, 7) is 6.61. The Kier molecular flexibility index (Phi) is 5.81. The number of nitrogens with one attached hydrogen (secondary N) is 1. The zero-order valence-electron chi connectivity index (χ0n) is 16.8. The number of imide groups is 1. The molecule has 152 valence electrons. The van der Waals surface area contributed by atoms with Crippen LogP contribution < -0.4 is 14.5 Å². The highest BCUT2D eigenvalue weighted by Crippen LogP contribution is 2.29. The number of benzene rings is 2. The first kappa shape index (κ1) is 19.5. The number of quaternary nitrogens is 1. The maximum Gasteiger partial charge on any atom is 0.241 e. The minimum atomic E-state index is -0.331. The van der Waals surface area contributed by atoms with Crippen LogP contribution in [0.15, 0.2) is 54.6 Å². The van der Waals surface area contributed by atoms with Gasteiger partial charge in [-0.3, -0.25) is 9.59 Å². The molecule has 6 nitrogen and oxygen atoms in total. The Morgan fingerprint density at radius 2 is 1.69 bits per heavy atom. The van der Waals surface area contributed by atoms with E-state index in [1.54, 1.807) is 0 Å². The zero-order valence-corrected chi connectivity index (χ0v) is 16.8. The number of nitrogens with zero attached hydrogens (tertiary/aromatic N) is 2. The van der Waals surface area contributed by atoms with Gasteiger partial charge in [-0.1, -0.05) is 42.5 Å². The predicted octanol–water partition coefficient (Wildman–Crippen LogP) is 1.29. The summed E-state index contributed by atoms with van der Waals surface area (Å²) >= 11 is 0.